The van der Waals surface area contributed by atoms with E-state index in [0.717, 1.165) is 0 Å². The van der Waals surface area contributed by atoms with Gasteiger partial charge >= 0.3 is 5.97 Å². The Bertz CT molecular complexity index is 722. The molecule has 1 amide bonds. The molecule has 0 unspecified atom stereocenters. The molecule has 2 aromatic rings. The fraction of sp³-hybridized carbons (Fsp3) is 0.375. The van der Waals surface area contributed by atoms with Crippen molar-refractivity contribution in [3.8, 4) is 0 Å². The van der Waals surface area contributed by atoms with Crippen LogP contribution in [0.1, 0.15) is 41.9 Å². The summed E-state index contributed by atoms with van der Waals surface area (Å²) >= 11 is 0. The first-order valence-electron chi connectivity index (χ1n) is 7.28. The number of rotatable bonds is 6. The van der Waals surface area contributed by atoms with Crippen LogP contribution in [0, 0.1) is 0 Å². The van der Waals surface area contributed by atoms with Crippen LogP contribution in [-0.2, 0) is 23.8 Å². The van der Waals surface area contributed by atoms with Crippen LogP contribution in [0.15, 0.2) is 30.5 Å². The van der Waals surface area contributed by atoms with E-state index in [1.165, 1.54) is 0 Å². The summed E-state index contributed by atoms with van der Waals surface area (Å²) in [6.45, 7) is 3.69. The summed E-state index contributed by atoms with van der Waals surface area (Å²) in [4.78, 5) is 23.3. The van der Waals surface area contributed by atoms with E-state index < -0.39 is 11.5 Å². The normalized spacial score (nSPS) is 11.3. The Balaban J connectivity index is 1.99. The second kappa shape index (κ2) is 6.60. The molecular formula is C16H20N4O3. The molecule has 0 spiro atoms. The lowest BCUT2D eigenvalue weighted by atomic mass is 9.99. The number of nitrogens with zero attached hydrogens (tertiary/aromatic N) is 3. The number of carbonyl (C=O) groups is 2. The molecule has 122 valence electrons. The van der Waals surface area contributed by atoms with Gasteiger partial charge in [0.25, 0.3) is 0 Å². The lowest BCUT2D eigenvalue weighted by molar-refractivity contribution is -0.122. The minimum absolute atomic E-state index is 0.166. The van der Waals surface area contributed by atoms with Gasteiger partial charge in [0.2, 0.25) is 5.91 Å². The van der Waals surface area contributed by atoms with Crippen molar-refractivity contribution in [2.75, 3.05) is 0 Å². The molecule has 1 aromatic carbocycles. The Morgan fingerprint density at radius 3 is 2.61 bits per heavy atom. The van der Waals surface area contributed by atoms with E-state index in [-0.39, 0.29) is 17.9 Å². The van der Waals surface area contributed by atoms with Crippen molar-refractivity contribution in [3.63, 3.8) is 0 Å². The Labute approximate surface area is 134 Å². The van der Waals surface area contributed by atoms with E-state index in [0.29, 0.717) is 17.7 Å². The molecule has 1 aromatic heterocycles. The van der Waals surface area contributed by atoms with Crippen LogP contribution < -0.4 is 5.32 Å². The SMILES string of the molecule is Cn1cc(C(C)(C)NC(=O)CCc2ccccc2C(=O)O)nn1. The molecule has 0 saturated carbocycles. The molecule has 0 aliphatic carbocycles. The molecule has 0 saturated heterocycles. The Hall–Kier alpha value is -2.70. The molecule has 7 nitrogen and oxygen atoms in total. The number of carboxylic acids is 1. The lowest BCUT2D eigenvalue weighted by Gasteiger charge is -2.23. The highest BCUT2D eigenvalue weighted by Crippen LogP contribution is 2.17. The van der Waals surface area contributed by atoms with Crippen molar-refractivity contribution in [3.05, 3.63) is 47.3 Å². The molecule has 0 aliphatic heterocycles. The number of hydrogen-bond acceptors (Lipinski definition) is 4. The van der Waals surface area contributed by atoms with E-state index in [1.807, 2.05) is 13.8 Å². The van der Waals surface area contributed by atoms with Gasteiger partial charge in [-0.3, -0.25) is 9.48 Å². The van der Waals surface area contributed by atoms with Gasteiger partial charge in [-0.15, -0.1) is 5.10 Å². The summed E-state index contributed by atoms with van der Waals surface area (Å²) in [5.74, 6) is -1.15. The highest BCUT2D eigenvalue weighted by molar-refractivity contribution is 5.89. The van der Waals surface area contributed by atoms with Crippen LogP contribution in [0.2, 0.25) is 0 Å². The zero-order valence-electron chi connectivity index (χ0n) is 13.4. The minimum Gasteiger partial charge on any atom is -0.478 e. The molecule has 0 aliphatic rings. The summed E-state index contributed by atoms with van der Waals surface area (Å²) in [7, 11) is 1.76. The van der Waals surface area contributed by atoms with Crippen molar-refractivity contribution >= 4 is 11.9 Å². The number of carboxylic acid groups (broad SMARTS) is 1. The first-order valence-corrected chi connectivity index (χ1v) is 7.28. The predicted octanol–water partition coefficient (Wildman–Crippen LogP) is 1.50. The molecule has 0 atom stereocenters. The maximum atomic E-state index is 12.2. The topological polar surface area (TPSA) is 97.1 Å². The molecule has 0 fully saturated rings. The van der Waals surface area contributed by atoms with Crippen LogP contribution >= 0.6 is 0 Å². The predicted molar refractivity (Wildman–Crippen MR) is 83.9 cm³/mol. The molecular weight excluding hydrogens is 296 g/mol. The van der Waals surface area contributed by atoms with Crippen LogP contribution in [0.3, 0.4) is 0 Å². The van der Waals surface area contributed by atoms with Crippen molar-refractivity contribution in [1.29, 1.82) is 0 Å². The summed E-state index contributed by atoms with van der Waals surface area (Å²) in [6, 6.07) is 6.71. The van der Waals surface area contributed by atoms with E-state index in [1.54, 1.807) is 42.2 Å². The molecule has 0 radical (unpaired) electrons. The quantitative estimate of drug-likeness (QED) is 0.841. The molecule has 7 heteroatoms. The monoisotopic (exact) mass is 316 g/mol. The first-order chi connectivity index (χ1) is 10.8. The summed E-state index contributed by atoms with van der Waals surface area (Å²) in [5.41, 5.74) is 0.901. The molecule has 0 bridgehead atoms. The summed E-state index contributed by atoms with van der Waals surface area (Å²) in [6.07, 6.45) is 2.32. The lowest BCUT2D eigenvalue weighted by Crippen LogP contribution is -2.41. The molecule has 1 heterocycles. The van der Waals surface area contributed by atoms with Crippen molar-refractivity contribution in [2.24, 2.45) is 7.05 Å². The fourth-order valence-electron chi connectivity index (χ4n) is 2.30. The van der Waals surface area contributed by atoms with Gasteiger partial charge in [-0.25, -0.2) is 4.79 Å². The third-order valence-electron chi connectivity index (χ3n) is 3.56. The molecule has 23 heavy (non-hydrogen) atoms. The zero-order valence-corrected chi connectivity index (χ0v) is 13.4. The van der Waals surface area contributed by atoms with Crippen LogP contribution in [0.25, 0.3) is 0 Å². The molecule has 2 rings (SSSR count). The van der Waals surface area contributed by atoms with Crippen LogP contribution in [-0.4, -0.2) is 32.0 Å². The van der Waals surface area contributed by atoms with Crippen LogP contribution in [0.5, 0.6) is 0 Å². The maximum Gasteiger partial charge on any atom is 0.335 e. The third-order valence-corrected chi connectivity index (χ3v) is 3.56. The van der Waals surface area contributed by atoms with Gasteiger partial charge in [0.15, 0.2) is 0 Å². The Morgan fingerprint density at radius 1 is 1.30 bits per heavy atom. The highest BCUT2D eigenvalue weighted by Gasteiger charge is 2.26. The number of benzene rings is 1. The summed E-state index contributed by atoms with van der Waals surface area (Å²) in [5, 5.41) is 19.9. The first kappa shape index (κ1) is 16.7. The number of aryl methyl sites for hydroxylation is 2. The van der Waals surface area contributed by atoms with Crippen molar-refractivity contribution in [2.45, 2.75) is 32.2 Å². The van der Waals surface area contributed by atoms with Gasteiger partial charge in [0.05, 0.1) is 17.3 Å². The van der Waals surface area contributed by atoms with E-state index >= 15 is 0 Å². The molecule has 2 N–H and O–H groups in total. The van der Waals surface area contributed by atoms with Crippen molar-refractivity contribution in [1.82, 2.24) is 20.3 Å². The van der Waals surface area contributed by atoms with E-state index in [4.69, 9.17) is 5.11 Å². The Morgan fingerprint density at radius 2 is 2.00 bits per heavy atom. The minimum atomic E-state index is -0.985. The van der Waals surface area contributed by atoms with Gasteiger partial charge in [0, 0.05) is 13.5 Å². The van der Waals surface area contributed by atoms with Gasteiger partial charge in [0.1, 0.15) is 5.69 Å². The second-order valence-electron chi connectivity index (χ2n) is 5.91. The van der Waals surface area contributed by atoms with E-state index in [2.05, 4.69) is 15.6 Å². The zero-order chi connectivity index (χ0) is 17.0. The average molecular weight is 316 g/mol. The van der Waals surface area contributed by atoms with E-state index in [9.17, 15) is 9.59 Å². The third kappa shape index (κ3) is 4.15. The maximum absolute atomic E-state index is 12.2. The average Bonchev–Trinajstić information content (AvgIpc) is 2.92. The second-order valence-corrected chi connectivity index (χ2v) is 5.91. The van der Waals surface area contributed by atoms with Crippen molar-refractivity contribution < 1.29 is 14.7 Å². The Kier molecular flexibility index (Phi) is 4.78. The van der Waals surface area contributed by atoms with Crippen LogP contribution in [0.4, 0.5) is 0 Å². The van der Waals surface area contributed by atoms with Gasteiger partial charge in [-0.1, -0.05) is 23.4 Å². The van der Waals surface area contributed by atoms with Gasteiger partial charge in [-0.2, -0.15) is 0 Å². The summed E-state index contributed by atoms with van der Waals surface area (Å²) < 4.78 is 1.58. The van der Waals surface area contributed by atoms with Gasteiger partial charge < -0.3 is 10.4 Å². The number of hydrogen-bond donors (Lipinski definition) is 2. The fourth-order valence-corrected chi connectivity index (χ4v) is 2.30. The number of nitrogens with one attached hydrogen (secondary N) is 1. The van der Waals surface area contributed by atoms with Gasteiger partial charge in [-0.05, 0) is 31.9 Å². The highest BCUT2D eigenvalue weighted by atomic mass is 16.4. The smallest absolute Gasteiger partial charge is 0.335 e. The largest absolute Gasteiger partial charge is 0.478 e. The number of amides is 1. The number of aromatic carboxylic acids is 1. The number of carbonyl (C=O) groups excluding carboxylic acids is 1. The number of aromatic nitrogens is 3. The standard InChI is InChI=1S/C16H20N4O3/c1-16(2,13-10-20(3)19-18-13)17-14(21)9-8-11-6-4-5-7-12(11)15(22)23/h4-7,10H,8-9H2,1-3H3,(H,17,21)(H,22,23).